The number of rotatable bonds is 6. The van der Waals surface area contributed by atoms with Crippen molar-refractivity contribution in [2.45, 2.75) is 39.0 Å². The lowest BCUT2D eigenvalue weighted by Gasteiger charge is -2.26. The average Bonchev–Trinajstić information content (AvgIpc) is 2.55. The van der Waals surface area contributed by atoms with E-state index in [9.17, 15) is 14.4 Å². The first-order chi connectivity index (χ1) is 11.1. The molecular formula is C17H22N2O4. The summed E-state index contributed by atoms with van der Waals surface area (Å²) in [6.45, 7) is 2.79. The van der Waals surface area contributed by atoms with E-state index in [1.165, 1.54) is 0 Å². The molecule has 1 saturated heterocycles. The van der Waals surface area contributed by atoms with Gasteiger partial charge in [-0.25, -0.2) is 0 Å². The quantitative estimate of drug-likeness (QED) is 0.818. The second kappa shape index (κ2) is 8.31. The maximum Gasteiger partial charge on any atom is 0.306 e. The van der Waals surface area contributed by atoms with E-state index in [1.54, 1.807) is 24.0 Å². The van der Waals surface area contributed by atoms with Gasteiger partial charge in [-0.1, -0.05) is 0 Å². The Bertz CT molecular complexity index is 568. The molecule has 0 aliphatic carbocycles. The van der Waals surface area contributed by atoms with Crippen molar-refractivity contribution in [1.29, 1.82) is 0 Å². The Morgan fingerprint density at radius 3 is 2.57 bits per heavy atom. The smallest absolute Gasteiger partial charge is 0.306 e. The summed E-state index contributed by atoms with van der Waals surface area (Å²) in [6.07, 6.45) is 2.71. The van der Waals surface area contributed by atoms with E-state index < -0.39 is 0 Å². The Kier molecular flexibility index (Phi) is 6.14. The van der Waals surface area contributed by atoms with Crippen LogP contribution in [0.25, 0.3) is 0 Å². The molecule has 6 heteroatoms. The number of benzene rings is 1. The molecule has 1 N–H and O–H groups in total. The first-order valence-electron chi connectivity index (χ1n) is 7.96. The number of piperidine rings is 1. The summed E-state index contributed by atoms with van der Waals surface area (Å²) in [6, 6.07) is 7.17. The van der Waals surface area contributed by atoms with Crippen LogP contribution in [0.15, 0.2) is 24.3 Å². The van der Waals surface area contributed by atoms with E-state index in [-0.39, 0.29) is 30.6 Å². The van der Waals surface area contributed by atoms with E-state index in [4.69, 9.17) is 4.74 Å². The molecule has 1 heterocycles. The molecule has 23 heavy (non-hydrogen) atoms. The molecule has 1 aliphatic heterocycles. The van der Waals surface area contributed by atoms with Crippen molar-refractivity contribution in [3.05, 3.63) is 24.3 Å². The van der Waals surface area contributed by atoms with Gasteiger partial charge < -0.3 is 15.0 Å². The zero-order chi connectivity index (χ0) is 16.7. The lowest BCUT2D eigenvalue weighted by atomic mass is 10.1. The maximum atomic E-state index is 11.9. The van der Waals surface area contributed by atoms with Gasteiger partial charge in [0.1, 0.15) is 0 Å². The SMILES string of the molecule is CCOC(=O)CCC(=O)Nc1ccc(N2CCCCC2=O)cc1. The zero-order valence-corrected chi connectivity index (χ0v) is 13.3. The second-order valence-corrected chi connectivity index (χ2v) is 5.40. The molecule has 0 radical (unpaired) electrons. The van der Waals surface area contributed by atoms with Crippen molar-refractivity contribution in [2.75, 3.05) is 23.4 Å². The van der Waals surface area contributed by atoms with Gasteiger partial charge >= 0.3 is 5.97 Å². The number of carbonyl (C=O) groups excluding carboxylic acids is 3. The lowest BCUT2D eigenvalue weighted by Crippen LogP contribution is -2.35. The predicted molar refractivity (Wildman–Crippen MR) is 87.1 cm³/mol. The van der Waals surface area contributed by atoms with Crippen LogP contribution in [0.3, 0.4) is 0 Å². The summed E-state index contributed by atoms with van der Waals surface area (Å²) in [5, 5.41) is 2.73. The fourth-order valence-electron chi connectivity index (χ4n) is 2.48. The molecule has 6 nitrogen and oxygen atoms in total. The summed E-state index contributed by atoms with van der Waals surface area (Å²) < 4.78 is 4.78. The normalized spacial score (nSPS) is 14.5. The molecule has 1 aromatic rings. The van der Waals surface area contributed by atoms with E-state index in [2.05, 4.69) is 5.32 Å². The standard InChI is InChI=1S/C17H22N2O4/c1-2-23-17(22)11-10-15(20)18-13-6-8-14(9-7-13)19-12-4-3-5-16(19)21/h6-9H,2-5,10-12H2,1H3,(H,18,20). The Morgan fingerprint density at radius 1 is 1.17 bits per heavy atom. The predicted octanol–water partition coefficient (Wildman–Crippen LogP) is 2.49. The lowest BCUT2D eigenvalue weighted by molar-refractivity contribution is -0.144. The van der Waals surface area contributed by atoms with Crippen LogP contribution in [0.5, 0.6) is 0 Å². The molecule has 0 unspecified atom stereocenters. The average molecular weight is 318 g/mol. The number of nitrogens with zero attached hydrogens (tertiary/aromatic N) is 1. The topological polar surface area (TPSA) is 75.7 Å². The third kappa shape index (κ3) is 5.09. The molecule has 2 rings (SSSR count). The van der Waals surface area contributed by atoms with Crippen LogP contribution >= 0.6 is 0 Å². The summed E-state index contributed by atoms with van der Waals surface area (Å²) >= 11 is 0. The Morgan fingerprint density at radius 2 is 1.91 bits per heavy atom. The molecule has 0 atom stereocenters. The van der Waals surface area contributed by atoms with Gasteiger partial charge in [-0.2, -0.15) is 0 Å². The second-order valence-electron chi connectivity index (χ2n) is 5.40. The molecule has 124 valence electrons. The fraction of sp³-hybridized carbons (Fsp3) is 0.471. The van der Waals surface area contributed by atoms with Crippen LogP contribution in [0.4, 0.5) is 11.4 Å². The van der Waals surface area contributed by atoms with Crippen molar-refractivity contribution in [3.8, 4) is 0 Å². The van der Waals surface area contributed by atoms with Gasteiger partial charge in [0, 0.05) is 30.8 Å². The molecule has 0 bridgehead atoms. The molecule has 2 amide bonds. The van der Waals surface area contributed by atoms with E-state index in [1.807, 2.05) is 12.1 Å². The number of ether oxygens (including phenoxy) is 1. The maximum absolute atomic E-state index is 11.9. The zero-order valence-electron chi connectivity index (χ0n) is 13.3. The molecule has 1 fully saturated rings. The minimum absolute atomic E-state index is 0.0695. The van der Waals surface area contributed by atoms with Crippen molar-refractivity contribution in [1.82, 2.24) is 0 Å². The van der Waals surface area contributed by atoms with Gasteiger partial charge in [0.15, 0.2) is 0 Å². The number of esters is 1. The first kappa shape index (κ1) is 17.0. The van der Waals surface area contributed by atoms with E-state index in [0.717, 1.165) is 25.1 Å². The van der Waals surface area contributed by atoms with Gasteiger partial charge in [0.25, 0.3) is 0 Å². The molecule has 0 saturated carbocycles. The number of hydrogen-bond acceptors (Lipinski definition) is 4. The van der Waals surface area contributed by atoms with Crippen LogP contribution in [0.2, 0.25) is 0 Å². The number of nitrogens with one attached hydrogen (secondary N) is 1. The Hall–Kier alpha value is -2.37. The third-order valence-corrected chi connectivity index (χ3v) is 3.65. The summed E-state index contributed by atoms with van der Waals surface area (Å²) in [7, 11) is 0. The molecule has 1 aromatic carbocycles. The molecule has 0 spiro atoms. The van der Waals surface area contributed by atoms with Crippen LogP contribution in [-0.2, 0) is 19.1 Å². The van der Waals surface area contributed by atoms with Gasteiger partial charge in [-0.05, 0) is 44.0 Å². The van der Waals surface area contributed by atoms with E-state index >= 15 is 0 Å². The van der Waals surface area contributed by atoms with E-state index in [0.29, 0.717) is 18.7 Å². The van der Waals surface area contributed by atoms with Crippen molar-refractivity contribution in [2.24, 2.45) is 0 Å². The number of anilines is 2. The Balaban J connectivity index is 1.86. The highest BCUT2D eigenvalue weighted by molar-refractivity contribution is 5.95. The summed E-state index contributed by atoms with van der Waals surface area (Å²) in [5.41, 5.74) is 1.49. The van der Waals surface area contributed by atoms with Gasteiger partial charge in [0.2, 0.25) is 11.8 Å². The van der Waals surface area contributed by atoms with Crippen LogP contribution in [0.1, 0.15) is 39.0 Å². The molecule has 1 aliphatic rings. The van der Waals surface area contributed by atoms with Crippen LogP contribution in [0, 0.1) is 0 Å². The highest BCUT2D eigenvalue weighted by Crippen LogP contribution is 2.22. The van der Waals surface area contributed by atoms with Gasteiger partial charge in [-0.3, -0.25) is 14.4 Å². The molecule has 0 aromatic heterocycles. The summed E-state index contributed by atoms with van der Waals surface area (Å²) in [4.78, 5) is 36.6. The van der Waals surface area contributed by atoms with Crippen molar-refractivity contribution >= 4 is 29.2 Å². The minimum atomic E-state index is -0.374. The molecular weight excluding hydrogens is 296 g/mol. The largest absolute Gasteiger partial charge is 0.466 e. The number of amides is 2. The highest BCUT2D eigenvalue weighted by atomic mass is 16.5. The monoisotopic (exact) mass is 318 g/mol. The summed E-state index contributed by atoms with van der Waals surface area (Å²) in [5.74, 6) is -0.469. The number of hydrogen-bond donors (Lipinski definition) is 1. The fourth-order valence-corrected chi connectivity index (χ4v) is 2.48. The van der Waals surface area contributed by atoms with Gasteiger partial charge in [0.05, 0.1) is 13.0 Å². The van der Waals surface area contributed by atoms with Crippen LogP contribution < -0.4 is 10.2 Å². The number of carbonyl (C=O) groups is 3. The Labute approximate surface area is 135 Å². The third-order valence-electron chi connectivity index (χ3n) is 3.65. The van der Waals surface area contributed by atoms with Crippen LogP contribution in [-0.4, -0.2) is 30.9 Å². The first-order valence-corrected chi connectivity index (χ1v) is 7.96. The highest BCUT2D eigenvalue weighted by Gasteiger charge is 2.19. The van der Waals surface area contributed by atoms with Crippen molar-refractivity contribution < 1.29 is 19.1 Å². The minimum Gasteiger partial charge on any atom is -0.466 e. The van der Waals surface area contributed by atoms with Gasteiger partial charge in [-0.15, -0.1) is 0 Å². The van der Waals surface area contributed by atoms with Crippen molar-refractivity contribution in [3.63, 3.8) is 0 Å².